The van der Waals surface area contributed by atoms with Crippen molar-refractivity contribution in [3.8, 4) is 0 Å². The van der Waals surface area contributed by atoms with Gasteiger partial charge in [0, 0.05) is 12.8 Å². The summed E-state index contributed by atoms with van der Waals surface area (Å²) in [6.07, 6.45) is 46.9. The van der Waals surface area contributed by atoms with Gasteiger partial charge in [-0.3, -0.25) is 9.59 Å². The number of carbonyl (C=O) groups excluding carboxylic acids is 1. The van der Waals surface area contributed by atoms with Gasteiger partial charge in [0.1, 0.15) is 6.10 Å². The first kappa shape index (κ1) is 41.9. The number of carbonyl (C=O) groups is 2. The van der Waals surface area contributed by atoms with Crippen molar-refractivity contribution in [3.05, 3.63) is 48.6 Å². The van der Waals surface area contributed by atoms with Gasteiger partial charge in [-0.1, -0.05) is 133 Å². The van der Waals surface area contributed by atoms with Gasteiger partial charge in [0.25, 0.3) is 0 Å². The van der Waals surface area contributed by atoms with E-state index in [1.807, 2.05) is 0 Å². The average molecular weight is 615 g/mol. The number of carboxylic acids is 1. The number of carboxylic acid groups (broad SMARTS) is 1. The van der Waals surface area contributed by atoms with Crippen molar-refractivity contribution in [2.45, 2.75) is 193 Å². The minimum absolute atomic E-state index is 0.0103. The zero-order chi connectivity index (χ0) is 32.2. The summed E-state index contributed by atoms with van der Waals surface area (Å²) in [5.41, 5.74) is 0. The van der Waals surface area contributed by atoms with Crippen molar-refractivity contribution in [1.82, 2.24) is 0 Å². The van der Waals surface area contributed by atoms with Crippen LogP contribution in [0.4, 0.5) is 0 Å². The largest absolute Gasteiger partial charge is 0.481 e. The van der Waals surface area contributed by atoms with Crippen LogP contribution in [0.5, 0.6) is 0 Å². The highest BCUT2D eigenvalue weighted by atomic mass is 16.5. The monoisotopic (exact) mass is 615 g/mol. The second-order valence-corrected chi connectivity index (χ2v) is 12.4. The van der Waals surface area contributed by atoms with Crippen molar-refractivity contribution in [2.24, 2.45) is 0 Å². The molecule has 0 aliphatic heterocycles. The third-order valence-electron chi connectivity index (χ3n) is 8.03. The van der Waals surface area contributed by atoms with Gasteiger partial charge in [-0.25, -0.2) is 0 Å². The minimum atomic E-state index is -0.709. The van der Waals surface area contributed by atoms with E-state index >= 15 is 0 Å². The Hall–Kier alpha value is -2.10. The van der Waals surface area contributed by atoms with E-state index < -0.39 is 5.97 Å². The predicted octanol–water partition coefficient (Wildman–Crippen LogP) is 12.8. The maximum absolute atomic E-state index is 12.6. The molecule has 0 rings (SSSR count). The van der Waals surface area contributed by atoms with E-state index in [4.69, 9.17) is 9.84 Å². The standard InChI is InChI=1S/C40H70O4/c1-3-5-7-9-11-13-15-17-19-21-23-26-30-34-38(35-31-27-25-28-32-36-39(41)42)44-40(43)37-33-29-24-22-20-18-16-14-12-10-8-6-4-2/h6,8,12,14,18,20-21,23,38H,3-5,7,9-11,13,15-17,19,22,24-37H2,1-2H3,(H,41,42)/b8-6-,14-12-,20-18-,23-21-. The van der Waals surface area contributed by atoms with E-state index in [-0.39, 0.29) is 18.5 Å². The molecule has 1 atom stereocenters. The van der Waals surface area contributed by atoms with Gasteiger partial charge >= 0.3 is 11.9 Å². The fourth-order valence-corrected chi connectivity index (χ4v) is 5.32. The van der Waals surface area contributed by atoms with E-state index in [2.05, 4.69) is 62.5 Å². The molecule has 1 N–H and O–H groups in total. The summed E-state index contributed by atoms with van der Waals surface area (Å²) >= 11 is 0. The summed E-state index contributed by atoms with van der Waals surface area (Å²) in [5.74, 6) is -0.751. The molecule has 0 heterocycles. The molecule has 0 aliphatic rings. The topological polar surface area (TPSA) is 63.6 Å². The Labute approximate surface area is 272 Å². The number of rotatable bonds is 33. The third-order valence-corrected chi connectivity index (χ3v) is 8.03. The fourth-order valence-electron chi connectivity index (χ4n) is 5.32. The molecular weight excluding hydrogens is 544 g/mol. The number of hydrogen-bond acceptors (Lipinski definition) is 3. The Morgan fingerprint density at radius 2 is 0.977 bits per heavy atom. The lowest BCUT2D eigenvalue weighted by molar-refractivity contribution is -0.150. The Kier molecular flexibility index (Phi) is 33.7. The van der Waals surface area contributed by atoms with Crippen LogP contribution >= 0.6 is 0 Å². The van der Waals surface area contributed by atoms with Crippen LogP contribution in [0.15, 0.2) is 48.6 Å². The molecule has 0 aromatic carbocycles. The van der Waals surface area contributed by atoms with Crippen LogP contribution in [-0.4, -0.2) is 23.1 Å². The molecule has 4 nitrogen and oxygen atoms in total. The van der Waals surface area contributed by atoms with Crippen LogP contribution < -0.4 is 0 Å². The van der Waals surface area contributed by atoms with Crippen LogP contribution in [0.25, 0.3) is 0 Å². The molecule has 0 saturated heterocycles. The maximum atomic E-state index is 12.6. The molecular formula is C40H70O4. The summed E-state index contributed by atoms with van der Waals surface area (Å²) in [7, 11) is 0. The van der Waals surface area contributed by atoms with Crippen LogP contribution in [-0.2, 0) is 14.3 Å². The lowest BCUT2D eigenvalue weighted by Crippen LogP contribution is -2.18. The van der Waals surface area contributed by atoms with Crippen molar-refractivity contribution < 1.29 is 19.4 Å². The zero-order valence-electron chi connectivity index (χ0n) is 29.0. The molecule has 0 bridgehead atoms. The van der Waals surface area contributed by atoms with Crippen LogP contribution in [0.3, 0.4) is 0 Å². The van der Waals surface area contributed by atoms with E-state index in [9.17, 15) is 9.59 Å². The van der Waals surface area contributed by atoms with E-state index in [1.54, 1.807) is 0 Å². The Balaban J connectivity index is 4.18. The first-order valence-electron chi connectivity index (χ1n) is 18.6. The molecule has 0 amide bonds. The molecule has 0 fully saturated rings. The fraction of sp³-hybridized carbons (Fsp3) is 0.750. The van der Waals surface area contributed by atoms with Crippen LogP contribution in [0.2, 0.25) is 0 Å². The predicted molar refractivity (Wildman–Crippen MR) is 190 cm³/mol. The number of aliphatic carboxylic acids is 1. The molecule has 0 saturated carbocycles. The van der Waals surface area contributed by atoms with Crippen molar-refractivity contribution in [3.63, 3.8) is 0 Å². The lowest BCUT2D eigenvalue weighted by atomic mass is 10.0. The van der Waals surface area contributed by atoms with Crippen molar-refractivity contribution >= 4 is 11.9 Å². The second-order valence-electron chi connectivity index (χ2n) is 12.4. The van der Waals surface area contributed by atoms with Gasteiger partial charge in [-0.15, -0.1) is 0 Å². The molecule has 0 aromatic rings. The van der Waals surface area contributed by atoms with Crippen LogP contribution in [0, 0.1) is 0 Å². The smallest absolute Gasteiger partial charge is 0.306 e. The van der Waals surface area contributed by atoms with E-state index in [1.165, 1.54) is 57.8 Å². The second kappa shape index (κ2) is 35.4. The molecule has 4 heteroatoms. The van der Waals surface area contributed by atoms with Gasteiger partial charge in [0.15, 0.2) is 0 Å². The highest BCUT2D eigenvalue weighted by Gasteiger charge is 2.14. The van der Waals surface area contributed by atoms with Crippen molar-refractivity contribution in [1.29, 1.82) is 0 Å². The number of ether oxygens (including phenoxy) is 1. The van der Waals surface area contributed by atoms with Gasteiger partial charge in [-0.05, 0) is 89.9 Å². The highest BCUT2D eigenvalue weighted by Crippen LogP contribution is 2.17. The molecule has 254 valence electrons. The molecule has 44 heavy (non-hydrogen) atoms. The van der Waals surface area contributed by atoms with E-state index in [0.717, 1.165) is 103 Å². The minimum Gasteiger partial charge on any atom is -0.481 e. The number of allylic oxidation sites excluding steroid dienone is 8. The summed E-state index contributed by atoms with van der Waals surface area (Å²) in [5, 5.41) is 8.80. The average Bonchev–Trinajstić information content (AvgIpc) is 3.00. The Bertz CT molecular complexity index is 748. The maximum Gasteiger partial charge on any atom is 0.306 e. The summed E-state index contributed by atoms with van der Waals surface area (Å²) < 4.78 is 5.96. The lowest BCUT2D eigenvalue weighted by Gasteiger charge is -2.18. The highest BCUT2D eigenvalue weighted by molar-refractivity contribution is 5.69. The number of esters is 1. The normalized spacial score (nSPS) is 12.8. The Morgan fingerprint density at radius 3 is 1.61 bits per heavy atom. The van der Waals surface area contributed by atoms with Crippen LogP contribution in [0.1, 0.15) is 187 Å². The van der Waals surface area contributed by atoms with Gasteiger partial charge in [-0.2, -0.15) is 0 Å². The summed E-state index contributed by atoms with van der Waals surface area (Å²) in [6, 6.07) is 0. The quantitative estimate of drug-likeness (QED) is 0.0454. The molecule has 0 radical (unpaired) electrons. The molecule has 1 unspecified atom stereocenters. The Morgan fingerprint density at radius 1 is 0.523 bits per heavy atom. The van der Waals surface area contributed by atoms with E-state index in [0.29, 0.717) is 6.42 Å². The number of hydrogen-bond donors (Lipinski definition) is 1. The first-order valence-corrected chi connectivity index (χ1v) is 18.6. The third kappa shape index (κ3) is 34.4. The van der Waals surface area contributed by atoms with Crippen molar-refractivity contribution in [2.75, 3.05) is 0 Å². The van der Waals surface area contributed by atoms with Gasteiger partial charge < -0.3 is 9.84 Å². The molecule has 0 aliphatic carbocycles. The zero-order valence-corrected chi connectivity index (χ0v) is 29.0. The molecule has 0 aromatic heterocycles. The summed E-state index contributed by atoms with van der Waals surface area (Å²) in [4.78, 5) is 23.3. The molecule has 0 spiro atoms. The number of unbranched alkanes of at least 4 members (excludes halogenated alkanes) is 16. The first-order chi connectivity index (χ1) is 21.6. The van der Waals surface area contributed by atoms with Gasteiger partial charge in [0.2, 0.25) is 0 Å². The summed E-state index contributed by atoms with van der Waals surface area (Å²) in [6.45, 7) is 4.42. The SMILES string of the molecule is CC/C=C\C/C=C\C/C=C\CCCCCC(=O)OC(CCC/C=C\CCCCCCCCCC)CCCCCCCC(=O)O. The van der Waals surface area contributed by atoms with Gasteiger partial charge in [0.05, 0.1) is 0 Å².